The summed E-state index contributed by atoms with van der Waals surface area (Å²) < 4.78 is 13.5. The van der Waals surface area contributed by atoms with E-state index in [0.29, 0.717) is 31.2 Å². The highest BCUT2D eigenvalue weighted by atomic mass is 16.5. The zero-order valence-electron chi connectivity index (χ0n) is 20.6. The van der Waals surface area contributed by atoms with E-state index in [1.54, 1.807) is 0 Å². The molecule has 0 radical (unpaired) electrons. The molecule has 0 aliphatic carbocycles. The van der Waals surface area contributed by atoms with Crippen LogP contribution in [0, 0.1) is 0 Å². The summed E-state index contributed by atoms with van der Waals surface area (Å²) in [6, 6.07) is 11.7. The van der Waals surface area contributed by atoms with Gasteiger partial charge in [0.25, 0.3) is 5.91 Å². The molecule has 12 heteroatoms. The van der Waals surface area contributed by atoms with E-state index >= 15 is 0 Å². The van der Waals surface area contributed by atoms with Gasteiger partial charge in [-0.2, -0.15) is 0 Å². The van der Waals surface area contributed by atoms with Gasteiger partial charge < -0.3 is 29.9 Å². The molecule has 1 fully saturated rings. The number of carbonyl (C=O) groups excluding carboxylic acids is 1. The molecule has 0 bridgehead atoms. The Labute approximate surface area is 213 Å². The molecule has 0 atom stereocenters. The van der Waals surface area contributed by atoms with E-state index < -0.39 is 11.9 Å². The number of aromatic nitrogens is 3. The standard InChI is InChI=1S/C23H29N5O3.C2H2O4/c1-2-30-20-14-18(15-24-16-22-26-25-21-8-4-7-13-28(21)22)9-10-19(20)31-17-23(29)27-11-5-3-6-12-27;3-1(4)2(5)6/h4,7-10,13-14,24H,2-3,5-6,11-12,15-17H2,1H3;(H,3,4)(H,5,6). The number of pyridine rings is 1. The monoisotopic (exact) mass is 513 g/mol. The van der Waals surface area contributed by atoms with E-state index in [4.69, 9.17) is 29.3 Å². The number of piperidine rings is 1. The lowest BCUT2D eigenvalue weighted by Crippen LogP contribution is -2.38. The fourth-order valence-corrected chi connectivity index (χ4v) is 3.75. The third-order valence-corrected chi connectivity index (χ3v) is 5.55. The maximum atomic E-state index is 12.4. The minimum atomic E-state index is -1.82. The molecule has 3 aromatic rings. The lowest BCUT2D eigenvalue weighted by Gasteiger charge is -2.26. The molecule has 0 unspecified atom stereocenters. The maximum Gasteiger partial charge on any atom is 0.414 e. The number of benzene rings is 1. The molecule has 1 aliphatic rings. The molecular formula is C25H31N5O7. The Morgan fingerprint density at radius 1 is 0.946 bits per heavy atom. The van der Waals surface area contributed by atoms with Crippen LogP contribution in [0.3, 0.4) is 0 Å². The van der Waals surface area contributed by atoms with Crippen molar-refractivity contribution in [3.05, 3.63) is 54.0 Å². The third-order valence-electron chi connectivity index (χ3n) is 5.55. The number of fused-ring (bicyclic) bond motifs is 1. The van der Waals surface area contributed by atoms with Gasteiger partial charge in [-0.15, -0.1) is 10.2 Å². The number of hydrogen-bond donors (Lipinski definition) is 3. The number of hydrogen-bond acceptors (Lipinski definition) is 8. The molecule has 2 aromatic heterocycles. The van der Waals surface area contributed by atoms with Crippen LogP contribution in [0.25, 0.3) is 5.65 Å². The van der Waals surface area contributed by atoms with Gasteiger partial charge >= 0.3 is 11.9 Å². The van der Waals surface area contributed by atoms with Gasteiger partial charge in [0, 0.05) is 25.8 Å². The number of carboxylic acids is 2. The molecule has 1 aromatic carbocycles. The Hall–Kier alpha value is -4.19. The quantitative estimate of drug-likeness (QED) is 0.362. The molecule has 1 saturated heterocycles. The van der Waals surface area contributed by atoms with E-state index in [-0.39, 0.29) is 12.5 Å². The number of aliphatic carboxylic acids is 2. The smallest absolute Gasteiger partial charge is 0.414 e. The second-order valence-electron chi connectivity index (χ2n) is 8.20. The molecule has 0 saturated carbocycles. The second-order valence-corrected chi connectivity index (χ2v) is 8.20. The lowest BCUT2D eigenvalue weighted by molar-refractivity contribution is -0.159. The van der Waals surface area contributed by atoms with Gasteiger partial charge in [-0.1, -0.05) is 12.1 Å². The molecule has 12 nitrogen and oxygen atoms in total. The number of carbonyl (C=O) groups is 3. The average Bonchev–Trinajstić information content (AvgIpc) is 3.32. The molecule has 1 amide bonds. The van der Waals surface area contributed by atoms with E-state index in [2.05, 4.69) is 15.5 Å². The Kier molecular flexibility index (Phi) is 10.2. The molecule has 0 spiro atoms. The Balaban J connectivity index is 0.000000568. The van der Waals surface area contributed by atoms with Gasteiger partial charge in [0.2, 0.25) is 0 Å². The Morgan fingerprint density at radius 2 is 1.70 bits per heavy atom. The number of rotatable bonds is 9. The summed E-state index contributed by atoms with van der Waals surface area (Å²) in [5.41, 5.74) is 1.89. The fraction of sp³-hybridized carbons (Fsp3) is 0.400. The molecule has 198 valence electrons. The van der Waals surface area contributed by atoms with Crippen LogP contribution in [0.5, 0.6) is 11.5 Å². The van der Waals surface area contributed by atoms with Crippen LogP contribution in [0.1, 0.15) is 37.6 Å². The molecule has 3 N–H and O–H groups in total. The minimum Gasteiger partial charge on any atom is -0.490 e. The van der Waals surface area contributed by atoms with Crippen molar-refractivity contribution in [2.24, 2.45) is 0 Å². The van der Waals surface area contributed by atoms with E-state index in [9.17, 15) is 4.79 Å². The number of nitrogens with one attached hydrogen (secondary N) is 1. The summed E-state index contributed by atoms with van der Waals surface area (Å²) in [5, 5.41) is 26.6. The van der Waals surface area contributed by atoms with Crippen LogP contribution in [0.4, 0.5) is 0 Å². The Morgan fingerprint density at radius 3 is 2.41 bits per heavy atom. The first-order chi connectivity index (χ1) is 17.9. The normalized spacial score (nSPS) is 12.9. The van der Waals surface area contributed by atoms with E-state index in [1.807, 2.05) is 58.8 Å². The Bertz CT molecular complexity index is 1200. The van der Waals surface area contributed by atoms with Crippen molar-refractivity contribution in [2.75, 3.05) is 26.3 Å². The summed E-state index contributed by atoms with van der Waals surface area (Å²) in [5.74, 6) is -1.50. The van der Waals surface area contributed by atoms with Crippen LogP contribution >= 0.6 is 0 Å². The first kappa shape index (κ1) is 27.4. The van der Waals surface area contributed by atoms with Crippen LogP contribution in [0.15, 0.2) is 42.6 Å². The molecular weight excluding hydrogens is 482 g/mol. The van der Waals surface area contributed by atoms with Gasteiger partial charge in [0.05, 0.1) is 13.2 Å². The van der Waals surface area contributed by atoms with E-state index in [0.717, 1.165) is 43.0 Å². The largest absolute Gasteiger partial charge is 0.490 e. The van der Waals surface area contributed by atoms with Crippen LogP contribution in [0.2, 0.25) is 0 Å². The van der Waals surface area contributed by atoms with Gasteiger partial charge in [-0.05, 0) is 56.0 Å². The number of ether oxygens (including phenoxy) is 2. The van der Waals surface area contributed by atoms with Crippen LogP contribution < -0.4 is 14.8 Å². The van der Waals surface area contributed by atoms with Crippen molar-refractivity contribution >= 4 is 23.5 Å². The highest BCUT2D eigenvalue weighted by Crippen LogP contribution is 2.28. The summed E-state index contributed by atoms with van der Waals surface area (Å²) in [6.45, 7) is 5.39. The van der Waals surface area contributed by atoms with Crippen LogP contribution in [-0.4, -0.2) is 73.9 Å². The van der Waals surface area contributed by atoms with Crippen molar-refractivity contribution < 1.29 is 34.1 Å². The van der Waals surface area contributed by atoms with Gasteiger partial charge in [-0.3, -0.25) is 9.20 Å². The number of likely N-dealkylation sites (tertiary alicyclic amines) is 1. The number of carboxylic acid groups (broad SMARTS) is 2. The zero-order chi connectivity index (χ0) is 26.6. The first-order valence-electron chi connectivity index (χ1n) is 12.0. The van der Waals surface area contributed by atoms with Crippen molar-refractivity contribution in [1.82, 2.24) is 24.8 Å². The zero-order valence-corrected chi connectivity index (χ0v) is 20.6. The second kappa shape index (κ2) is 13.8. The van der Waals surface area contributed by atoms with Crippen molar-refractivity contribution in [3.8, 4) is 11.5 Å². The highest BCUT2D eigenvalue weighted by molar-refractivity contribution is 6.27. The molecule has 37 heavy (non-hydrogen) atoms. The van der Waals surface area contributed by atoms with Gasteiger partial charge in [-0.25, -0.2) is 9.59 Å². The summed E-state index contributed by atoms with van der Waals surface area (Å²) in [6.07, 6.45) is 5.29. The van der Waals surface area contributed by atoms with Gasteiger partial charge in [0.1, 0.15) is 0 Å². The highest BCUT2D eigenvalue weighted by Gasteiger charge is 2.18. The third kappa shape index (κ3) is 8.17. The summed E-state index contributed by atoms with van der Waals surface area (Å²) in [7, 11) is 0. The number of amides is 1. The molecule has 1 aliphatic heterocycles. The topological polar surface area (TPSA) is 156 Å². The van der Waals surface area contributed by atoms with Crippen molar-refractivity contribution in [1.29, 1.82) is 0 Å². The van der Waals surface area contributed by atoms with E-state index in [1.165, 1.54) is 6.42 Å². The fourth-order valence-electron chi connectivity index (χ4n) is 3.75. The SMILES string of the molecule is CCOc1cc(CNCc2nnc3ccccn23)ccc1OCC(=O)N1CCCCC1.O=C(O)C(=O)O. The summed E-state index contributed by atoms with van der Waals surface area (Å²) in [4.78, 5) is 32.5. The minimum absolute atomic E-state index is 0.0356. The predicted octanol–water partition coefficient (Wildman–Crippen LogP) is 1.96. The van der Waals surface area contributed by atoms with Gasteiger partial charge in [0.15, 0.2) is 29.6 Å². The first-order valence-corrected chi connectivity index (χ1v) is 12.0. The predicted molar refractivity (Wildman–Crippen MR) is 132 cm³/mol. The van der Waals surface area contributed by atoms with Crippen molar-refractivity contribution in [2.45, 2.75) is 39.3 Å². The lowest BCUT2D eigenvalue weighted by atomic mass is 10.1. The molecule has 4 rings (SSSR count). The maximum absolute atomic E-state index is 12.4. The number of nitrogens with zero attached hydrogens (tertiary/aromatic N) is 4. The average molecular weight is 514 g/mol. The van der Waals surface area contributed by atoms with Crippen LogP contribution in [-0.2, 0) is 27.5 Å². The molecule has 3 heterocycles. The summed E-state index contributed by atoms with van der Waals surface area (Å²) >= 11 is 0. The van der Waals surface area contributed by atoms with Crippen molar-refractivity contribution in [3.63, 3.8) is 0 Å².